The molecule has 2 heterocycles. The maximum absolute atomic E-state index is 12.3. The summed E-state index contributed by atoms with van der Waals surface area (Å²) < 4.78 is 0. The Kier molecular flexibility index (Phi) is 5.17. The highest BCUT2D eigenvalue weighted by atomic mass is 32.1. The van der Waals surface area contributed by atoms with Gasteiger partial charge in [-0.1, -0.05) is 51.1 Å². The van der Waals surface area contributed by atoms with Crippen LogP contribution in [0.25, 0.3) is 16.6 Å². The van der Waals surface area contributed by atoms with Crippen molar-refractivity contribution < 1.29 is 4.79 Å². The second-order valence-electron chi connectivity index (χ2n) is 6.89. The summed E-state index contributed by atoms with van der Waals surface area (Å²) in [6, 6.07) is 13.3. The second kappa shape index (κ2) is 7.36. The first kappa shape index (κ1) is 18.2. The lowest BCUT2D eigenvalue weighted by Crippen LogP contribution is -2.11. The van der Waals surface area contributed by atoms with Crippen molar-refractivity contribution in [1.29, 1.82) is 5.26 Å². The third kappa shape index (κ3) is 3.98. The molecule has 0 amide bonds. The van der Waals surface area contributed by atoms with Gasteiger partial charge in [-0.15, -0.1) is 22.7 Å². The molecule has 0 aliphatic heterocycles. The summed E-state index contributed by atoms with van der Waals surface area (Å²) in [5.74, 6) is -0.235. The Morgan fingerprint density at radius 2 is 1.88 bits per heavy atom. The van der Waals surface area contributed by atoms with Crippen molar-refractivity contribution in [3.8, 4) is 16.6 Å². The number of rotatable bonds is 4. The number of carbonyl (C=O) groups excluding carboxylic acids is 1. The quantitative estimate of drug-likeness (QED) is 0.320. The Bertz CT molecular complexity index is 982. The number of benzene rings is 1. The maximum atomic E-state index is 12.3. The molecule has 0 N–H and O–H groups in total. The Hall–Kier alpha value is -2.55. The van der Waals surface area contributed by atoms with Crippen molar-refractivity contribution in [1.82, 2.24) is 4.98 Å². The summed E-state index contributed by atoms with van der Waals surface area (Å²) in [6.07, 6.45) is 1.63. The molecule has 0 saturated heterocycles. The summed E-state index contributed by atoms with van der Waals surface area (Å²) >= 11 is 2.97. The first-order valence-electron chi connectivity index (χ1n) is 8.15. The largest absolute Gasteiger partial charge is 0.287 e. The molecule has 0 bridgehead atoms. The van der Waals surface area contributed by atoms with Crippen molar-refractivity contribution in [2.24, 2.45) is 0 Å². The van der Waals surface area contributed by atoms with Gasteiger partial charge in [-0.2, -0.15) is 5.26 Å². The van der Waals surface area contributed by atoms with Crippen LogP contribution in [-0.2, 0) is 5.41 Å². The highest BCUT2D eigenvalue weighted by Gasteiger charge is 2.18. The molecule has 1 aromatic carbocycles. The molecule has 26 heavy (non-hydrogen) atoms. The second-order valence-corrected chi connectivity index (χ2v) is 8.69. The monoisotopic (exact) mass is 378 g/mol. The van der Waals surface area contributed by atoms with Gasteiger partial charge in [-0.05, 0) is 23.1 Å². The fraction of sp³-hybridized carbons (Fsp3) is 0.190. The number of ketones is 1. The first-order valence-corrected chi connectivity index (χ1v) is 9.91. The van der Waals surface area contributed by atoms with Gasteiger partial charge in [0.15, 0.2) is 0 Å². The number of Topliss-reactive ketones (excluding diaryl/α,β-unsaturated/α-hetero) is 1. The van der Waals surface area contributed by atoms with Crippen LogP contribution in [0, 0.1) is 11.3 Å². The minimum Gasteiger partial charge on any atom is -0.287 e. The summed E-state index contributed by atoms with van der Waals surface area (Å²) in [5, 5.41) is 14.2. The fourth-order valence-electron chi connectivity index (χ4n) is 2.33. The van der Waals surface area contributed by atoms with E-state index < -0.39 is 0 Å². The number of nitriles is 1. The van der Waals surface area contributed by atoms with Crippen molar-refractivity contribution in [2.75, 3.05) is 0 Å². The van der Waals surface area contributed by atoms with Crippen LogP contribution < -0.4 is 0 Å². The van der Waals surface area contributed by atoms with E-state index in [9.17, 15) is 10.1 Å². The van der Waals surface area contributed by atoms with Gasteiger partial charge in [0.25, 0.3) is 0 Å². The molecule has 3 nitrogen and oxygen atoms in total. The molecular weight excluding hydrogens is 360 g/mol. The third-order valence-electron chi connectivity index (χ3n) is 3.85. The van der Waals surface area contributed by atoms with Crippen molar-refractivity contribution >= 4 is 34.5 Å². The van der Waals surface area contributed by atoms with Gasteiger partial charge in [0.05, 0.1) is 10.6 Å². The lowest BCUT2D eigenvalue weighted by Gasteiger charge is -2.14. The number of thiophene rings is 1. The molecule has 0 fully saturated rings. The average molecular weight is 379 g/mol. The lowest BCUT2D eigenvalue weighted by atomic mass is 9.93. The van der Waals surface area contributed by atoms with Crippen LogP contribution in [0.1, 0.15) is 41.7 Å². The number of thiazole rings is 1. The van der Waals surface area contributed by atoms with Gasteiger partial charge in [0, 0.05) is 16.4 Å². The molecule has 130 valence electrons. The molecule has 0 saturated carbocycles. The zero-order chi connectivity index (χ0) is 18.7. The molecule has 0 atom stereocenters. The van der Waals surface area contributed by atoms with E-state index in [-0.39, 0.29) is 16.8 Å². The summed E-state index contributed by atoms with van der Waals surface area (Å²) in [5.41, 5.74) is 3.11. The van der Waals surface area contributed by atoms with Crippen molar-refractivity contribution in [3.05, 3.63) is 68.9 Å². The van der Waals surface area contributed by atoms with E-state index in [1.807, 2.05) is 41.8 Å². The van der Waals surface area contributed by atoms with Gasteiger partial charge in [-0.3, -0.25) is 4.79 Å². The number of hydrogen-bond donors (Lipinski definition) is 0. The molecule has 5 heteroatoms. The molecular formula is C21H18N2OS2. The summed E-state index contributed by atoms with van der Waals surface area (Å²) in [7, 11) is 0. The van der Waals surface area contributed by atoms with E-state index in [1.54, 1.807) is 23.5 Å². The smallest absolute Gasteiger partial charge is 0.213 e. The number of nitrogens with zero attached hydrogens (tertiary/aromatic N) is 2. The number of aromatic nitrogens is 1. The molecule has 0 spiro atoms. The van der Waals surface area contributed by atoms with Gasteiger partial charge in [0.2, 0.25) is 5.78 Å². The molecule has 2 aromatic heterocycles. The lowest BCUT2D eigenvalue weighted by molar-refractivity contribution is 0.104. The molecule has 0 aliphatic rings. The van der Waals surface area contributed by atoms with E-state index in [1.165, 1.54) is 11.3 Å². The predicted molar refractivity (Wildman–Crippen MR) is 108 cm³/mol. The topological polar surface area (TPSA) is 53.8 Å². The number of allylic oxidation sites excluding steroid dienone is 1. The minimum atomic E-state index is -0.235. The SMILES string of the molecule is CC(C)(C)c1csc(-c2ccc(/C=C(\C#N)C(=O)c3cccs3)cc2)n1. The zero-order valence-corrected chi connectivity index (χ0v) is 16.4. The summed E-state index contributed by atoms with van der Waals surface area (Å²) in [6.45, 7) is 6.44. The molecule has 0 unspecified atom stereocenters. The Morgan fingerprint density at radius 1 is 1.15 bits per heavy atom. The highest BCUT2D eigenvalue weighted by Crippen LogP contribution is 2.30. The van der Waals surface area contributed by atoms with Crippen molar-refractivity contribution in [3.63, 3.8) is 0 Å². The highest BCUT2D eigenvalue weighted by molar-refractivity contribution is 7.13. The number of carbonyl (C=O) groups is 1. The molecule has 0 aliphatic carbocycles. The molecule has 3 rings (SSSR count). The minimum absolute atomic E-state index is 0.0290. The Balaban J connectivity index is 1.84. The van der Waals surface area contributed by atoms with Gasteiger partial charge >= 0.3 is 0 Å². The van der Waals surface area contributed by atoms with Crippen LogP contribution in [0.15, 0.2) is 52.7 Å². The van der Waals surface area contributed by atoms with E-state index in [0.29, 0.717) is 4.88 Å². The normalized spacial score (nSPS) is 12.0. The molecule has 0 radical (unpaired) electrons. The van der Waals surface area contributed by atoms with E-state index in [2.05, 4.69) is 26.2 Å². The molecule has 3 aromatic rings. The predicted octanol–water partition coefficient (Wildman–Crippen LogP) is 5.96. The van der Waals surface area contributed by atoms with Crippen LogP contribution in [0.5, 0.6) is 0 Å². The van der Waals surface area contributed by atoms with E-state index in [4.69, 9.17) is 4.98 Å². The number of hydrogen-bond acceptors (Lipinski definition) is 5. The standard InChI is InChI=1S/C21H18N2OS2/c1-21(2,3)18-13-26-20(23-18)15-8-6-14(7-9-15)11-16(12-22)19(24)17-5-4-10-25-17/h4-11,13H,1-3H3/b16-11+. The maximum Gasteiger partial charge on any atom is 0.213 e. The van der Waals surface area contributed by atoms with Gasteiger partial charge in [0.1, 0.15) is 16.6 Å². The third-order valence-corrected chi connectivity index (χ3v) is 5.61. The van der Waals surface area contributed by atoms with Crippen LogP contribution >= 0.6 is 22.7 Å². The van der Waals surface area contributed by atoms with Gasteiger partial charge < -0.3 is 0 Å². The Morgan fingerprint density at radius 3 is 2.42 bits per heavy atom. The van der Waals surface area contributed by atoms with E-state index >= 15 is 0 Å². The summed E-state index contributed by atoms with van der Waals surface area (Å²) in [4.78, 5) is 17.6. The van der Waals surface area contributed by atoms with Crippen molar-refractivity contribution in [2.45, 2.75) is 26.2 Å². The van der Waals surface area contributed by atoms with Crippen LogP contribution in [0.4, 0.5) is 0 Å². The van der Waals surface area contributed by atoms with E-state index in [0.717, 1.165) is 21.8 Å². The zero-order valence-electron chi connectivity index (χ0n) is 14.8. The first-order chi connectivity index (χ1) is 12.4. The Labute approximate surface area is 161 Å². The van der Waals surface area contributed by atoms with Crippen LogP contribution in [0.2, 0.25) is 0 Å². The van der Waals surface area contributed by atoms with Crippen LogP contribution in [-0.4, -0.2) is 10.8 Å². The fourth-order valence-corrected chi connectivity index (χ4v) is 4.06. The average Bonchev–Trinajstić information content (AvgIpc) is 3.30. The van der Waals surface area contributed by atoms with Crippen LogP contribution in [0.3, 0.4) is 0 Å². The van der Waals surface area contributed by atoms with Gasteiger partial charge in [-0.25, -0.2) is 4.98 Å².